The Bertz CT molecular complexity index is 1500. The van der Waals surface area contributed by atoms with Crippen LogP contribution in [0.5, 0.6) is 11.5 Å². The van der Waals surface area contributed by atoms with Crippen LogP contribution in [0.1, 0.15) is 38.8 Å². The molecular weight excluding hydrogens is 578 g/mol. The maximum absolute atomic E-state index is 14.1. The van der Waals surface area contributed by atoms with Gasteiger partial charge in [-0.1, -0.05) is 41.4 Å². The second-order valence-corrected chi connectivity index (χ2v) is 13.2. The number of hydrogen-bond acceptors (Lipinski definition) is 6. The number of benzene rings is 3. The van der Waals surface area contributed by atoms with Gasteiger partial charge in [0.05, 0.1) is 24.8 Å². The minimum atomic E-state index is -4.30. The van der Waals surface area contributed by atoms with Crippen LogP contribution in [0, 0.1) is 6.92 Å². The molecule has 1 unspecified atom stereocenters. The van der Waals surface area contributed by atoms with Crippen molar-refractivity contribution < 1.29 is 27.5 Å². The Hall–Kier alpha value is -3.76. The number of methoxy groups -OCH3 is 2. The quantitative estimate of drug-likeness (QED) is 0.318. The van der Waals surface area contributed by atoms with Crippen molar-refractivity contribution in [2.45, 2.75) is 57.6 Å². The number of carbonyl (C=O) groups is 2. The van der Waals surface area contributed by atoms with Crippen LogP contribution in [-0.4, -0.2) is 57.5 Å². The number of aryl methyl sites for hydroxylation is 1. The van der Waals surface area contributed by atoms with Gasteiger partial charge < -0.3 is 19.7 Å². The third kappa shape index (κ3) is 8.17. The fourth-order valence-electron chi connectivity index (χ4n) is 4.19. The number of sulfonamides is 1. The van der Waals surface area contributed by atoms with E-state index in [4.69, 9.17) is 21.1 Å². The van der Waals surface area contributed by atoms with E-state index in [1.165, 1.54) is 49.5 Å². The number of anilines is 1. The van der Waals surface area contributed by atoms with E-state index in [2.05, 4.69) is 5.32 Å². The third-order valence-electron chi connectivity index (χ3n) is 6.48. The molecule has 226 valence electrons. The van der Waals surface area contributed by atoms with Crippen molar-refractivity contribution in [3.05, 3.63) is 82.9 Å². The molecule has 11 heteroatoms. The number of carbonyl (C=O) groups excluding carboxylic acids is 2. The van der Waals surface area contributed by atoms with Gasteiger partial charge in [-0.25, -0.2) is 8.42 Å². The zero-order valence-electron chi connectivity index (χ0n) is 25.0. The molecule has 0 aromatic heterocycles. The number of ether oxygens (including phenoxy) is 2. The van der Waals surface area contributed by atoms with Crippen molar-refractivity contribution >= 4 is 39.1 Å². The van der Waals surface area contributed by atoms with Crippen LogP contribution in [0.25, 0.3) is 0 Å². The van der Waals surface area contributed by atoms with Gasteiger partial charge in [-0.05, 0) is 76.6 Å². The fraction of sp³-hybridized carbons (Fsp3) is 0.355. The normalized spacial score (nSPS) is 12.3. The van der Waals surface area contributed by atoms with Crippen LogP contribution < -0.4 is 19.1 Å². The minimum Gasteiger partial charge on any atom is -0.493 e. The summed E-state index contributed by atoms with van der Waals surface area (Å²) in [5.74, 6) is -0.349. The van der Waals surface area contributed by atoms with Gasteiger partial charge in [-0.3, -0.25) is 13.9 Å². The van der Waals surface area contributed by atoms with Crippen LogP contribution in [0.15, 0.2) is 71.6 Å². The summed E-state index contributed by atoms with van der Waals surface area (Å²) in [6, 6.07) is 17.0. The molecule has 0 aliphatic rings. The molecule has 3 aromatic carbocycles. The molecule has 42 heavy (non-hydrogen) atoms. The summed E-state index contributed by atoms with van der Waals surface area (Å²) in [6.45, 7) is 8.66. The van der Waals surface area contributed by atoms with E-state index in [1.54, 1.807) is 19.1 Å². The number of hydrogen-bond donors (Lipinski definition) is 1. The zero-order valence-corrected chi connectivity index (χ0v) is 26.5. The first-order chi connectivity index (χ1) is 19.7. The lowest BCUT2D eigenvalue weighted by Crippen LogP contribution is -2.54. The Labute approximate surface area is 253 Å². The van der Waals surface area contributed by atoms with Crippen LogP contribution in [0.2, 0.25) is 5.02 Å². The molecule has 1 atom stereocenters. The minimum absolute atomic E-state index is 0.0999. The van der Waals surface area contributed by atoms with E-state index in [-0.39, 0.29) is 28.8 Å². The van der Waals surface area contributed by atoms with Gasteiger partial charge in [-0.2, -0.15) is 0 Å². The molecule has 9 nitrogen and oxygen atoms in total. The molecule has 0 radical (unpaired) electrons. The molecule has 3 rings (SSSR count). The topological polar surface area (TPSA) is 105 Å². The predicted molar refractivity (Wildman–Crippen MR) is 165 cm³/mol. The van der Waals surface area contributed by atoms with E-state index in [9.17, 15) is 18.0 Å². The monoisotopic (exact) mass is 615 g/mol. The van der Waals surface area contributed by atoms with Gasteiger partial charge in [0.15, 0.2) is 11.5 Å². The fourth-order valence-corrected chi connectivity index (χ4v) is 5.74. The maximum atomic E-state index is 14.1. The van der Waals surface area contributed by atoms with E-state index in [0.29, 0.717) is 10.8 Å². The Morgan fingerprint density at radius 3 is 2.07 bits per heavy atom. The van der Waals surface area contributed by atoms with Gasteiger partial charge in [0, 0.05) is 23.2 Å². The van der Waals surface area contributed by atoms with E-state index < -0.39 is 34.1 Å². The molecule has 0 bridgehead atoms. The molecule has 2 amide bonds. The van der Waals surface area contributed by atoms with Gasteiger partial charge in [-0.15, -0.1) is 0 Å². The Balaban J connectivity index is 2.07. The number of nitrogens with zero attached hydrogens (tertiary/aromatic N) is 2. The van der Waals surface area contributed by atoms with Crippen LogP contribution >= 0.6 is 11.6 Å². The molecule has 0 aliphatic carbocycles. The first-order valence-electron chi connectivity index (χ1n) is 13.3. The summed E-state index contributed by atoms with van der Waals surface area (Å²) in [6.07, 6.45) is 0. The lowest BCUT2D eigenvalue weighted by atomic mass is 10.1. The summed E-state index contributed by atoms with van der Waals surface area (Å²) < 4.78 is 39.7. The van der Waals surface area contributed by atoms with Gasteiger partial charge in [0.1, 0.15) is 12.6 Å². The summed E-state index contributed by atoms with van der Waals surface area (Å²) >= 11 is 6.09. The van der Waals surface area contributed by atoms with Crippen LogP contribution in [0.3, 0.4) is 0 Å². The maximum Gasteiger partial charge on any atom is 0.264 e. The highest BCUT2D eigenvalue weighted by atomic mass is 35.5. The van der Waals surface area contributed by atoms with Crippen LogP contribution in [-0.2, 0) is 26.2 Å². The number of amides is 2. The second-order valence-electron chi connectivity index (χ2n) is 10.9. The van der Waals surface area contributed by atoms with E-state index >= 15 is 0 Å². The lowest BCUT2D eigenvalue weighted by Gasteiger charge is -2.33. The second kappa shape index (κ2) is 13.5. The Morgan fingerprint density at radius 2 is 1.52 bits per heavy atom. The highest BCUT2D eigenvalue weighted by Crippen LogP contribution is 2.32. The first kappa shape index (κ1) is 32.8. The molecule has 0 spiro atoms. The molecular formula is C31H38ClN3O6S. The third-order valence-corrected chi connectivity index (χ3v) is 8.50. The molecule has 3 aromatic rings. The van der Waals surface area contributed by atoms with Gasteiger partial charge >= 0.3 is 0 Å². The standard InChI is InChI=1S/C31H38ClN3O6S/c1-21-8-10-23(11-9-21)19-34(22(2)30(37)33-31(3,4)5)29(36)20-35(25-14-12-24(32)13-15-25)42(38,39)26-16-17-27(40-6)28(18-26)41-7/h8-18,22H,19-20H2,1-7H3,(H,33,37). The van der Waals surface area contributed by atoms with E-state index in [1.807, 2.05) is 52.0 Å². The average molecular weight is 616 g/mol. The molecule has 1 N–H and O–H groups in total. The van der Waals surface area contributed by atoms with Crippen molar-refractivity contribution in [2.75, 3.05) is 25.1 Å². The van der Waals surface area contributed by atoms with Crippen molar-refractivity contribution in [1.82, 2.24) is 10.2 Å². The first-order valence-corrected chi connectivity index (χ1v) is 15.2. The predicted octanol–water partition coefficient (Wildman–Crippen LogP) is 5.19. The van der Waals surface area contributed by atoms with Gasteiger partial charge in [0.2, 0.25) is 11.8 Å². The molecule has 0 saturated carbocycles. The highest BCUT2D eigenvalue weighted by Gasteiger charge is 2.33. The van der Waals surface area contributed by atoms with Crippen molar-refractivity contribution in [2.24, 2.45) is 0 Å². The zero-order chi connectivity index (χ0) is 31.2. The Morgan fingerprint density at radius 1 is 0.929 bits per heavy atom. The smallest absolute Gasteiger partial charge is 0.264 e. The summed E-state index contributed by atoms with van der Waals surface area (Å²) in [7, 11) is -1.45. The summed E-state index contributed by atoms with van der Waals surface area (Å²) in [4.78, 5) is 28.5. The SMILES string of the molecule is COc1ccc(S(=O)(=O)N(CC(=O)N(Cc2ccc(C)cc2)C(C)C(=O)NC(C)(C)C)c2ccc(Cl)cc2)cc1OC. The van der Waals surface area contributed by atoms with E-state index in [0.717, 1.165) is 15.4 Å². The summed E-state index contributed by atoms with van der Waals surface area (Å²) in [5, 5.41) is 3.32. The largest absolute Gasteiger partial charge is 0.493 e. The Kier molecular flexibility index (Phi) is 10.5. The van der Waals surface area contributed by atoms with Crippen molar-refractivity contribution in [3.8, 4) is 11.5 Å². The van der Waals surface area contributed by atoms with Crippen molar-refractivity contribution in [3.63, 3.8) is 0 Å². The van der Waals surface area contributed by atoms with Crippen LogP contribution in [0.4, 0.5) is 5.69 Å². The number of nitrogens with one attached hydrogen (secondary N) is 1. The van der Waals surface area contributed by atoms with Gasteiger partial charge in [0.25, 0.3) is 10.0 Å². The highest BCUT2D eigenvalue weighted by molar-refractivity contribution is 7.92. The molecule has 0 aliphatic heterocycles. The molecule has 0 heterocycles. The molecule has 0 saturated heterocycles. The lowest BCUT2D eigenvalue weighted by molar-refractivity contribution is -0.140. The summed E-state index contributed by atoms with van der Waals surface area (Å²) in [5.41, 5.74) is 1.54. The average Bonchev–Trinajstić information content (AvgIpc) is 2.94. The van der Waals surface area contributed by atoms with Crippen molar-refractivity contribution in [1.29, 1.82) is 0 Å². The number of rotatable bonds is 11. The molecule has 0 fully saturated rings. The number of halogens is 1.